The largest absolute Gasteiger partial charge is 0.389 e. The Kier molecular flexibility index (Phi) is 3.08. The van der Waals surface area contributed by atoms with Gasteiger partial charge in [-0.25, -0.2) is 4.39 Å². The zero-order valence-corrected chi connectivity index (χ0v) is 11.1. The van der Waals surface area contributed by atoms with E-state index in [0.29, 0.717) is 24.8 Å². The molecule has 0 amide bonds. The lowest BCUT2D eigenvalue weighted by Gasteiger charge is -2.23. The summed E-state index contributed by atoms with van der Waals surface area (Å²) in [5, 5.41) is 10.8. The molecule has 0 fully saturated rings. The van der Waals surface area contributed by atoms with Crippen LogP contribution < -0.4 is 0 Å². The lowest BCUT2D eigenvalue weighted by Crippen LogP contribution is -2.32. The minimum Gasteiger partial charge on any atom is -0.389 e. The number of rotatable bonds is 2. The van der Waals surface area contributed by atoms with Crippen molar-refractivity contribution in [3.05, 3.63) is 70.0 Å². The molecule has 1 aliphatic rings. The van der Waals surface area contributed by atoms with E-state index in [2.05, 4.69) is 0 Å². The first-order valence-corrected chi connectivity index (χ1v) is 6.67. The number of aliphatic hydroxyl groups is 1. The van der Waals surface area contributed by atoms with Crippen LogP contribution in [-0.2, 0) is 19.3 Å². The van der Waals surface area contributed by atoms with Crippen LogP contribution >= 0.6 is 11.6 Å². The molecule has 0 saturated carbocycles. The average molecular weight is 277 g/mol. The van der Waals surface area contributed by atoms with E-state index in [1.165, 1.54) is 6.07 Å². The molecule has 2 aromatic rings. The Bertz CT molecular complexity index is 599. The average Bonchev–Trinajstić information content (AvgIpc) is 2.71. The van der Waals surface area contributed by atoms with Crippen LogP contribution in [0.1, 0.15) is 16.7 Å². The van der Waals surface area contributed by atoms with Crippen molar-refractivity contribution >= 4 is 11.6 Å². The maximum atomic E-state index is 13.4. The predicted octanol–water partition coefficient (Wildman–Crippen LogP) is 3.55. The van der Waals surface area contributed by atoms with E-state index in [1.807, 2.05) is 24.3 Å². The zero-order chi connectivity index (χ0) is 13.5. The van der Waals surface area contributed by atoms with Crippen LogP contribution in [0.4, 0.5) is 4.39 Å². The molecule has 1 N–H and O–H groups in total. The number of halogens is 2. The third kappa shape index (κ3) is 2.38. The highest BCUT2D eigenvalue weighted by atomic mass is 35.5. The van der Waals surface area contributed by atoms with Gasteiger partial charge in [-0.1, -0.05) is 48.0 Å². The SMILES string of the molecule is OC1(Cc2cccc(F)c2Cl)Cc2ccccc2C1. The van der Waals surface area contributed by atoms with Crippen molar-refractivity contribution in [2.45, 2.75) is 24.9 Å². The first-order chi connectivity index (χ1) is 9.07. The quantitative estimate of drug-likeness (QED) is 0.889. The predicted molar refractivity (Wildman–Crippen MR) is 73.9 cm³/mol. The van der Waals surface area contributed by atoms with Crippen LogP contribution in [0.15, 0.2) is 42.5 Å². The van der Waals surface area contributed by atoms with Gasteiger partial charge in [-0.2, -0.15) is 0 Å². The van der Waals surface area contributed by atoms with E-state index in [9.17, 15) is 9.50 Å². The summed E-state index contributed by atoms with van der Waals surface area (Å²) in [4.78, 5) is 0. The van der Waals surface area contributed by atoms with E-state index in [4.69, 9.17) is 11.6 Å². The maximum Gasteiger partial charge on any atom is 0.142 e. The van der Waals surface area contributed by atoms with E-state index in [-0.39, 0.29) is 5.02 Å². The van der Waals surface area contributed by atoms with Crippen LogP contribution in [0.3, 0.4) is 0 Å². The second kappa shape index (κ2) is 4.62. The molecule has 0 spiro atoms. The lowest BCUT2D eigenvalue weighted by atomic mass is 9.91. The first-order valence-electron chi connectivity index (χ1n) is 6.29. The Balaban J connectivity index is 1.87. The summed E-state index contributed by atoms with van der Waals surface area (Å²) in [5.41, 5.74) is 2.13. The highest BCUT2D eigenvalue weighted by Gasteiger charge is 2.35. The molecule has 19 heavy (non-hydrogen) atoms. The highest BCUT2D eigenvalue weighted by molar-refractivity contribution is 6.31. The molecule has 3 heteroatoms. The third-order valence-electron chi connectivity index (χ3n) is 3.71. The molecule has 0 heterocycles. The third-order valence-corrected chi connectivity index (χ3v) is 4.13. The van der Waals surface area contributed by atoms with Crippen LogP contribution in [0.5, 0.6) is 0 Å². The number of hydrogen-bond acceptors (Lipinski definition) is 1. The molecule has 3 rings (SSSR count). The summed E-state index contributed by atoms with van der Waals surface area (Å²) in [7, 11) is 0. The molecule has 0 radical (unpaired) electrons. The van der Waals surface area contributed by atoms with Crippen LogP contribution in [-0.4, -0.2) is 10.7 Å². The number of hydrogen-bond donors (Lipinski definition) is 1. The summed E-state index contributed by atoms with van der Waals surface area (Å²) in [6.07, 6.45) is 1.56. The summed E-state index contributed by atoms with van der Waals surface area (Å²) in [6.45, 7) is 0. The maximum absolute atomic E-state index is 13.4. The van der Waals surface area contributed by atoms with Crippen LogP contribution in [0.25, 0.3) is 0 Å². The van der Waals surface area contributed by atoms with Crippen molar-refractivity contribution in [1.82, 2.24) is 0 Å². The molecule has 98 valence electrons. The Morgan fingerprint density at radius 3 is 2.32 bits per heavy atom. The topological polar surface area (TPSA) is 20.2 Å². The van der Waals surface area contributed by atoms with Gasteiger partial charge in [0, 0.05) is 19.3 Å². The normalized spacial score (nSPS) is 16.4. The minimum absolute atomic E-state index is 0.117. The number of fused-ring (bicyclic) bond motifs is 1. The smallest absolute Gasteiger partial charge is 0.142 e. The summed E-state index contributed by atoms with van der Waals surface area (Å²) < 4.78 is 13.4. The summed E-state index contributed by atoms with van der Waals surface area (Å²) in [6, 6.07) is 12.7. The van der Waals surface area contributed by atoms with Crippen molar-refractivity contribution in [2.75, 3.05) is 0 Å². The molecule has 0 saturated heterocycles. The highest BCUT2D eigenvalue weighted by Crippen LogP contribution is 2.34. The molecule has 1 aliphatic carbocycles. The minimum atomic E-state index is -0.860. The van der Waals surface area contributed by atoms with Crippen LogP contribution in [0.2, 0.25) is 5.02 Å². The van der Waals surface area contributed by atoms with Crippen molar-refractivity contribution in [3.63, 3.8) is 0 Å². The standard InChI is InChI=1S/C16H14ClFO/c17-15-13(6-3-7-14(15)18)10-16(19)8-11-4-1-2-5-12(11)9-16/h1-7,19H,8-10H2. The molecule has 0 atom stereocenters. The van der Waals surface area contributed by atoms with E-state index in [0.717, 1.165) is 11.1 Å². The van der Waals surface area contributed by atoms with Crippen molar-refractivity contribution in [3.8, 4) is 0 Å². The van der Waals surface area contributed by atoms with Crippen molar-refractivity contribution in [1.29, 1.82) is 0 Å². The molecule has 0 aromatic heterocycles. The first kappa shape index (κ1) is 12.6. The Labute approximate surface area is 116 Å². The Morgan fingerprint density at radius 1 is 1.05 bits per heavy atom. The molecule has 2 aromatic carbocycles. The van der Waals surface area contributed by atoms with Gasteiger partial charge in [-0.15, -0.1) is 0 Å². The van der Waals surface area contributed by atoms with E-state index >= 15 is 0 Å². The van der Waals surface area contributed by atoms with Gasteiger partial charge in [0.25, 0.3) is 0 Å². The van der Waals surface area contributed by atoms with Gasteiger partial charge in [-0.05, 0) is 22.8 Å². The molecule has 0 unspecified atom stereocenters. The molecular formula is C16H14ClFO. The van der Waals surface area contributed by atoms with Gasteiger partial charge in [0.1, 0.15) is 5.82 Å². The summed E-state index contributed by atoms with van der Waals surface area (Å²) in [5.74, 6) is -0.432. The molecular weight excluding hydrogens is 263 g/mol. The fraction of sp³-hybridized carbons (Fsp3) is 0.250. The van der Waals surface area contributed by atoms with Gasteiger partial charge < -0.3 is 5.11 Å². The second-order valence-electron chi connectivity index (χ2n) is 5.24. The monoisotopic (exact) mass is 276 g/mol. The van der Waals surface area contributed by atoms with Gasteiger partial charge in [0.05, 0.1) is 10.6 Å². The summed E-state index contributed by atoms with van der Waals surface area (Å²) >= 11 is 5.96. The fourth-order valence-corrected chi connectivity index (χ4v) is 3.03. The van der Waals surface area contributed by atoms with Crippen molar-refractivity contribution < 1.29 is 9.50 Å². The molecule has 1 nitrogen and oxygen atoms in total. The fourth-order valence-electron chi connectivity index (χ4n) is 2.84. The zero-order valence-electron chi connectivity index (χ0n) is 10.4. The van der Waals surface area contributed by atoms with E-state index < -0.39 is 11.4 Å². The van der Waals surface area contributed by atoms with E-state index in [1.54, 1.807) is 12.1 Å². The van der Waals surface area contributed by atoms with Gasteiger partial charge >= 0.3 is 0 Å². The molecule has 0 bridgehead atoms. The molecule has 0 aliphatic heterocycles. The van der Waals surface area contributed by atoms with Crippen LogP contribution in [0, 0.1) is 5.82 Å². The van der Waals surface area contributed by atoms with Crippen molar-refractivity contribution in [2.24, 2.45) is 0 Å². The van der Waals surface area contributed by atoms with Gasteiger partial charge in [0.15, 0.2) is 0 Å². The Hall–Kier alpha value is -1.38. The Morgan fingerprint density at radius 2 is 1.68 bits per heavy atom. The van der Waals surface area contributed by atoms with Gasteiger partial charge in [0.2, 0.25) is 0 Å². The second-order valence-corrected chi connectivity index (χ2v) is 5.61. The lowest BCUT2D eigenvalue weighted by molar-refractivity contribution is 0.0518. The number of benzene rings is 2. The van der Waals surface area contributed by atoms with Gasteiger partial charge in [-0.3, -0.25) is 0 Å².